The number of pyridine rings is 1. The molecule has 0 saturated carbocycles. The molecule has 41 heavy (non-hydrogen) atoms. The van der Waals surface area contributed by atoms with Crippen molar-refractivity contribution >= 4 is 33.9 Å². The molecule has 10 heteroatoms. The van der Waals surface area contributed by atoms with Gasteiger partial charge in [-0.25, -0.2) is 0 Å². The number of halogens is 1. The predicted molar refractivity (Wildman–Crippen MR) is 157 cm³/mol. The number of anilines is 2. The molecule has 4 unspecified atom stereocenters. The molecular weight excluding hydrogens is 540 g/mol. The molecule has 2 aromatic carbocycles. The van der Waals surface area contributed by atoms with Crippen LogP contribution in [0.1, 0.15) is 35.8 Å². The van der Waals surface area contributed by atoms with E-state index in [9.17, 15) is 5.11 Å². The van der Waals surface area contributed by atoms with Gasteiger partial charge in [0.2, 0.25) is 0 Å². The van der Waals surface area contributed by atoms with E-state index >= 15 is 0 Å². The number of nitrogens with zero attached hydrogens (tertiary/aromatic N) is 5. The quantitative estimate of drug-likeness (QED) is 0.362. The summed E-state index contributed by atoms with van der Waals surface area (Å²) in [4.78, 5) is 18.9. The van der Waals surface area contributed by atoms with Crippen molar-refractivity contribution in [3.63, 3.8) is 0 Å². The van der Waals surface area contributed by atoms with Gasteiger partial charge >= 0.3 is 6.01 Å². The van der Waals surface area contributed by atoms with Gasteiger partial charge < -0.3 is 29.7 Å². The number of benzene rings is 2. The van der Waals surface area contributed by atoms with E-state index in [0.717, 1.165) is 58.5 Å². The third-order valence-electron chi connectivity index (χ3n) is 8.91. The Morgan fingerprint density at radius 3 is 2.98 bits per heavy atom. The van der Waals surface area contributed by atoms with E-state index in [1.807, 2.05) is 36.5 Å². The molecule has 0 amide bonds. The molecular formula is C31H31ClN6O3. The fourth-order valence-electron chi connectivity index (χ4n) is 7.02. The summed E-state index contributed by atoms with van der Waals surface area (Å²) in [5, 5.41) is 16.9. The minimum Gasteiger partial charge on any atom is -0.508 e. The maximum atomic E-state index is 10.6. The zero-order valence-electron chi connectivity index (χ0n) is 22.5. The Bertz CT molecular complexity index is 1620. The minimum atomic E-state index is -0.220. The van der Waals surface area contributed by atoms with Gasteiger partial charge in [-0.3, -0.25) is 4.98 Å². The molecule has 0 spiro atoms. The molecule has 2 bridgehead atoms. The van der Waals surface area contributed by atoms with E-state index < -0.39 is 0 Å². The highest BCUT2D eigenvalue weighted by molar-refractivity contribution is 6.36. The molecule has 2 aromatic heterocycles. The highest BCUT2D eigenvalue weighted by atomic mass is 35.5. The van der Waals surface area contributed by atoms with Crippen LogP contribution in [0.4, 0.5) is 11.5 Å². The second-order valence-electron chi connectivity index (χ2n) is 11.4. The fourth-order valence-corrected chi connectivity index (χ4v) is 7.30. The zero-order valence-corrected chi connectivity index (χ0v) is 23.3. The average molecular weight is 571 g/mol. The van der Waals surface area contributed by atoms with Crippen LogP contribution in [0.25, 0.3) is 10.8 Å². The van der Waals surface area contributed by atoms with Crippen LogP contribution in [0.2, 0.25) is 5.02 Å². The van der Waals surface area contributed by atoms with Gasteiger partial charge in [-0.15, -0.1) is 0 Å². The van der Waals surface area contributed by atoms with Crippen molar-refractivity contribution in [2.24, 2.45) is 0 Å². The first-order valence-electron chi connectivity index (χ1n) is 14.3. The summed E-state index contributed by atoms with van der Waals surface area (Å²) >= 11 is 6.72. The molecule has 8 rings (SSSR count). The Balaban J connectivity index is 1.20. The lowest BCUT2D eigenvalue weighted by Gasteiger charge is -2.41. The molecule has 210 valence electrons. The number of phenolic OH excluding ortho intramolecular Hbond substituents is 1. The summed E-state index contributed by atoms with van der Waals surface area (Å²) in [5.74, 6) is 1.14. The van der Waals surface area contributed by atoms with Gasteiger partial charge in [0.25, 0.3) is 0 Å². The van der Waals surface area contributed by atoms with Crippen LogP contribution in [0, 0.1) is 0 Å². The SMILES string of the molecule is Oc1cc(N2Cc3nc(OCCc4cccnc4)nc4c3C(C2)OCC2C3CCC(CN42)N3)c2c(Cl)cccc2c1. The standard InChI is InChI=1S/C31H31ClN6O3/c32-22-5-1-4-19-11-21(39)12-25(28(19)22)37-15-24-29-27(16-37)41-17-26-23-7-6-20(34-23)14-38(26)30(29)36-31(35-24)40-10-8-18-3-2-9-33-13-18/h1-5,9,11-13,20,23,26-27,34,39H,6-8,10,14-17H2. The van der Waals surface area contributed by atoms with Gasteiger partial charge in [0.15, 0.2) is 0 Å². The Kier molecular flexibility index (Phi) is 6.12. The predicted octanol–water partition coefficient (Wildman–Crippen LogP) is 4.41. The number of aromatic nitrogens is 3. The van der Waals surface area contributed by atoms with Gasteiger partial charge in [0, 0.05) is 61.0 Å². The van der Waals surface area contributed by atoms with Gasteiger partial charge in [-0.1, -0.05) is 29.8 Å². The number of ether oxygens (including phenoxy) is 2. The van der Waals surface area contributed by atoms with E-state index in [0.29, 0.717) is 49.4 Å². The zero-order chi connectivity index (χ0) is 27.5. The fraction of sp³-hybridized carbons (Fsp3) is 0.387. The summed E-state index contributed by atoms with van der Waals surface area (Å²) in [6.07, 6.45) is 6.44. The van der Waals surface area contributed by atoms with E-state index in [1.54, 1.807) is 18.3 Å². The van der Waals surface area contributed by atoms with Crippen LogP contribution < -0.4 is 19.9 Å². The summed E-state index contributed by atoms with van der Waals surface area (Å²) in [6.45, 7) is 3.09. The second kappa shape index (κ2) is 10.0. The van der Waals surface area contributed by atoms with Crippen LogP contribution in [-0.4, -0.2) is 64.5 Å². The first kappa shape index (κ1) is 25.1. The largest absolute Gasteiger partial charge is 0.508 e. The van der Waals surface area contributed by atoms with Gasteiger partial charge in [0.1, 0.15) is 17.7 Å². The first-order valence-corrected chi connectivity index (χ1v) is 14.7. The topological polar surface area (TPSA) is 95.9 Å². The molecule has 9 nitrogen and oxygen atoms in total. The van der Waals surface area contributed by atoms with Crippen LogP contribution in [0.15, 0.2) is 54.9 Å². The molecule has 6 heterocycles. The van der Waals surface area contributed by atoms with Crippen molar-refractivity contribution in [2.75, 3.05) is 36.1 Å². The van der Waals surface area contributed by atoms with Crippen molar-refractivity contribution in [3.05, 3.63) is 76.7 Å². The number of hydrogen-bond acceptors (Lipinski definition) is 9. The lowest BCUT2D eigenvalue weighted by atomic mass is 9.99. The molecule has 2 N–H and O–H groups in total. The Morgan fingerprint density at radius 1 is 1.12 bits per heavy atom. The maximum Gasteiger partial charge on any atom is 0.318 e. The first-order chi connectivity index (χ1) is 20.1. The molecule has 2 fully saturated rings. The normalized spacial score (nSPS) is 24.6. The van der Waals surface area contributed by atoms with E-state index in [-0.39, 0.29) is 17.9 Å². The smallest absolute Gasteiger partial charge is 0.318 e. The van der Waals surface area contributed by atoms with E-state index in [2.05, 4.69) is 20.1 Å². The minimum absolute atomic E-state index is 0.198. The highest BCUT2D eigenvalue weighted by Gasteiger charge is 2.46. The van der Waals surface area contributed by atoms with Crippen LogP contribution in [0.3, 0.4) is 0 Å². The van der Waals surface area contributed by atoms with Crippen LogP contribution in [0.5, 0.6) is 11.8 Å². The Morgan fingerprint density at radius 2 is 2.07 bits per heavy atom. The summed E-state index contributed by atoms with van der Waals surface area (Å²) in [7, 11) is 0. The summed E-state index contributed by atoms with van der Waals surface area (Å²) in [5.41, 5.74) is 3.91. The molecule has 4 aliphatic rings. The second-order valence-corrected chi connectivity index (χ2v) is 11.8. The van der Waals surface area contributed by atoms with Gasteiger partial charge in [-0.2, -0.15) is 9.97 Å². The van der Waals surface area contributed by atoms with Gasteiger partial charge in [-0.05, 0) is 42.0 Å². The van der Waals surface area contributed by atoms with Crippen LogP contribution in [-0.2, 0) is 17.7 Å². The average Bonchev–Trinajstić information content (AvgIpc) is 3.29. The molecule has 4 atom stereocenters. The van der Waals surface area contributed by atoms with Crippen molar-refractivity contribution in [1.29, 1.82) is 0 Å². The number of piperazine rings is 1. The molecule has 4 aromatic rings. The highest BCUT2D eigenvalue weighted by Crippen LogP contribution is 2.45. The number of phenols is 1. The maximum absolute atomic E-state index is 10.6. The van der Waals surface area contributed by atoms with Crippen molar-refractivity contribution in [1.82, 2.24) is 20.3 Å². The number of hydrogen-bond donors (Lipinski definition) is 2. The summed E-state index contributed by atoms with van der Waals surface area (Å²) < 4.78 is 12.9. The third-order valence-corrected chi connectivity index (χ3v) is 9.22. The molecule has 2 saturated heterocycles. The third kappa shape index (κ3) is 4.43. The van der Waals surface area contributed by atoms with E-state index in [4.69, 9.17) is 31.0 Å². The molecule has 4 aliphatic heterocycles. The van der Waals surface area contributed by atoms with E-state index in [1.165, 1.54) is 6.42 Å². The Hall–Kier alpha value is -3.66. The number of fused-ring (bicyclic) bond motifs is 6. The number of rotatable bonds is 5. The van der Waals surface area contributed by atoms with Gasteiger partial charge in [0.05, 0.1) is 42.2 Å². The molecule has 0 aliphatic carbocycles. The monoisotopic (exact) mass is 570 g/mol. The number of nitrogens with one attached hydrogen (secondary N) is 1. The van der Waals surface area contributed by atoms with Crippen LogP contribution >= 0.6 is 11.6 Å². The number of aromatic hydroxyl groups is 1. The summed E-state index contributed by atoms with van der Waals surface area (Å²) in [6, 6.07) is 14.7. The van der Waals surface area contributed by atoms with Crippen molar-refractivity contribution in [2.45, 2.75) is 50.0 Å². The van der Waals surface area contributed by atoms with Crippen molar-refractivity contribution < 1.29 is 14.6 Å². The van der Waals surface area contributed by atoms with Crippen molar-refractivity contribution in [3.8, 4) is 11.8 Å². The Labute approximate surface area is 243 Å². The lowest BCUT2D eigenvalue weighted by molar-refractivity contribution is 0.0415. The lowest BCUT2D eigenvalue weighted by Crippen LogP contribution is -2.59. The molecule has 0 radical (unpaired) electrons.